The molecule has 0 spiro atoms. The number of rotatable bonds is 6. The van der Waals surface area contributed by atoms with E-state index in [9.17, 15) is 13.2 Å². The Bertz CT molecular complexity index is 630. The number of aromatic nitrogens is 3. The largest absolute Gasteiger partial charge is 0.573 e. The highest BCUT2D eigenvalue weighted by Gasteiger charge is 2.31. The summed E-state index contributed by atoms with van der Waals surface area (Å²) in [6, 6.07) is 5.90. The molecular formula is C13H15F3N4OS. The maximum absolute atomic E-state index is 12.2. The topological polar surface area (TPSA) is 52.0 Å². The zero-order valence-electron chi connectivity index (χ0n) is 12.0. The third kappa shape index (κ3) is 4.63. The fourth-order valence-corrected chi connectivity index (χ4v) is 2.64. The first-order valence-corrected chi connectivity index (χ1v) is 7.38. The monoisotopic (exact) mass is 332 g/mol. The molecule has 22 heavy (non-hydrogen) atoms. The van der Waals surface area contributed by atoms with Crippen molar-refractivity contribution in [2.24, 2.45) is 7.05 Å². The van der Waals surface area contributed by atoms with Gasteiger partial charge >= 0.3 is 6.36 Å². The van der Waals surface area contributed by atoms with E-state index in [2.05, 4.69) is 20.3 Å². The molecule has 5 nitrogen and oxygen atoms in total. The Morgan fingerprint density at radius 2 is 2.09 bits per heavy atom. The lowest BCUT2D eigenvalue weighted by Gasteiger charge is -2.10. The summed E-state index contributed by atoms with van der Waals surface area (Å²) in [5, 5.41) is 11.8. The van der Waals surface area contributed by atoms with Crippen LogP contribution in [-0.4, -0.2) is 28.2 Å². The number of alkyl halides is 3. The molecule has 0 aliphatic heterocycles. The molecule has 0 saturated carbocycles. The average Bonchev–Trinajstić information content (AvgIpc) is 2.77. The van der Waals surface area contributed by atoms with Gasteiger partial charge in [0.1, 0.15) is 11.6 Å². The van der Waals surface area contributed by atoms with Crippen LogP contribution in [0.25, 0.3) is 0 Å². The molecule has 0 fully saturated rings. The van der Waals surface area contributed by atoms with Crippen LogP contribution in [0.1, 0.15) is 11.4 Å². The summed E-state index contributed by atoms with van der Waals surface area (Å²) in [7, 11) is 3.66. The Balaban J connectivity index is 2.01. The Morgan fingerprint density at radius 1 is 1.32 bits per heavy atom. The lowest BCUT2D eigenvalue weighted by molar-refractivity contribution is -0.274. The summed E-state index contributed by atoms with van der Waals surface area (Å²) in [6.45, 7) is 0.596. The van der Waals surface area contributed by atoms with E-state index in [-0.39, 0.29) is 5.75 Å². The lowest BCUT2D eigenvalue weighted by atomic mass is 10.2. The summed E-state index contributed by atoms with van der Waals surface area (Å²) in [5.74, 6) is 1.04. The predicted molar refractivity (Wildman–Crippen MR) is 76.5 cm³/mol. The third-order valence-electron chi connectivity index (χ3n) is 2.76. The molecule has 120 valence electrons. The molecular weight excluding hydrogens is 317 g/mol. The van der Waals surface area contributed by atoms with Crippen molar-refractivity contribution >= 4 is 11.8 Å². The quantitative estimate of drug-likeness (QED) is 0.825. The number of thioether (sulfide) groups is 1. The number of hydrogen-bond acceptors (Lipinski definition) is 5. The molecule has 1 N–H and O–H groups in total. The predicted octanol–water partition coefficient (Wildman–Crippen LogP) is 2.73. The highest BCUT2D eigenvalue weighted by molar-refractivity contribution is 7.98. The molecule has 0 aliphatic carbocycles. The van der Waals surface area contributed by atoms with E-state index in [4.69, 9.17) is 0 Å². The number of nitrogens with one attached hydrogen (secondary N) is 1. The summed E-state index contributed by atoms with van der Waals surface area (Å²) < 4.78 is 42.3. The molecule has 0 atom stereocenters. The van der Waals surface area contributed by atoms with Crippen molar-refractivity contribution in [2.45, 2.75) is 23.8 Å². The summed E-state index contributed by atoms with van der Waals surface area (Å²) in [6.07, 6.45) is -4.68. The number of nitrogens with zero attached hydrogens (tertiary/aromatic N) is 3. The molecule has 1 aromatic carbocycles. The molecule has 0 amide bonds. The van der Waals surface area contributed by atoms with Crippen molar-refractivity contribution < 1.29 is 17.9 Å². The minimum absolute atomic E-state index is 0.223. The maximum Gasteiger partial charge on any atom is 0.573 e. The van der Waals surface area contributed by atoms with E-state index in [1.165, 1.54) is 30.0 Å². The molecule has 1 heterocycles. The van der Waals surface area contributed by atoms with E-state index in [0.717, 1.165) is 5.82 Å². The maximum atomic E-state index is 12.2. The minimum atomic E-state index is -4.68. The number of benzene rings is 1. The average molecular weight is 332 g/mol. The van der Waals surface area contributed by atoms with Gasteiger partial charge in [-0.15, -0.1) is 23.4 Å². The number of hydrogen-bond donors (Lipinski definition) is 1. The Kier molecular flexibility index (Phi) is 5.30. The normalized spacial score (nSPS) is 11.7. The van der Waals surface area contributed by atoms with Gasteiger partial charge in [0.25, 0.3) is 0 Å². The van der Waals surface area contributed by atoms with Crippen molar-refractivity contribution in [1.82, 2.24) is 20.1 Å². The van der Waals surface area contributed by atoms with Crippen molar-refractivity contribution in [1.29, 1.82) is 0 Å². The van der Waals surface area contributed by atoms with E-state index < -0.39 is 6.36 Å². The summed E-state index contributed by atoms with van der Waals surface area (Å²) in [5.41, 5.74) is 0.713. The third-order valence-corrected chi connectivity index (χ3v) is 3.85. The van der Waals surface area contributed by atoms with Gasteiger partial charge in [0.15, 0.2) is 5.16 Å². The zero-order chi connectivity index (χ0) is 16.2. The SMILES string of the molecule is CNCc1nnc(SCc2cccc(OC(F)(F)F)c2)n1C. The molecule has 0 unspecified atom stereocenters. The number of halogens is 3. The van der Waals surface area contributed by atoms with Gasteiger partial charge in [0.05, 0.1) is 6.54 Å². The first-order chi connectivity index (χ1) is 10.4. The zero-order valence-corrected chi connectivity index (χ0v) is 12.8. The second-order valence-electron chi connectivity index (χ2n) is 4.47. The van der Waals surface area contributed by atoms with Crippen molar-refractivity contribution in [3.8, 4) is 5.75 Å². The van der Waals surface area contributed by atoms with E-state index >= 15 is 0 Å². The summed E-state index contributed by atoms with van der Waals surface area (Å²) >= 11 is 1.40. The van der Waals surface area contributed by atoms with Gasteiger partial charge in [0.2, 0.25) is 0 Å². The Morgan fingerprint density at radius 3 is 2.77 bits per heavy atom. The van der Waals surface area contributed by atoms with Crippen LogP contribution in [0.15, 0.2) is 29.4 Å². The van der Waals surface area contributed by atoms with Crippen LogP contribution in [0.4, 0.5) is 13.2 Å². The van der Waals surface area contributed by atoms with Crippen LogP contribution in [0.2, 0.25) is 0 Å². The van der Waals surface area contributed by atoms with Crippen LogP contribution in [-0.2, 0) is 19.3 Å². The van der Waals surface area contributed by atoms with Crippen LogP contribution < -0.4 is 10.1 Å². The van der Waals surface area contributed by atoms with Crippen molar-refractivity contribution in [3.05, 3.63) is 35.7 Å². The van der Waals surface area contributed by atoms with Crippen LogP contribution in [0.3, 0.4) is 0 Å². The lowest BCUT2D eigenvalue weighted by Crippen LogP contribution is -2.17. The standard InChI is InChI=1S/C13H15F3N4OS/c1-17-7-11-18-19-12(20(11)2)22-8-9-4-3-5-10(6-9)21-13(14,15)16/h3-6,17H,7-8H2,1-2H3. The van der Waals surface area contributed by atoms with Crippen molar-refractivity contribution in [3.63, 3.8) is 0 Å². The molecule has 0 aliphatic rings. The minimum Gasteiger partial charge on any atom is -0.406 e. The summed E-state index contributed by atoms with van der Waals surface area (Å²) in [4.78, 5) is 0. The first kappa shape index (κ1) is 16.6. The molecule has 1 aromatic heterocycles. The fourth-order valence-electron chi connectivity index (χ4n) is 1.76. The molecule has 9 heteroatoms. The van der Waals surface area contributed by atoms with Crippen LogP contribution >= 0.6 is 11.8 Å². The first-order valence-electron chi connectivity index (χ1n) is 6.39. The van der Waals surface area contributed by atoms with Crippen LogP contribution in [0, 0.1) is 0 Å². The van der Waals surface area contributed by atoms with E-state index in [0.29, 0.717) is 23.0 Å². The molecule has 2 aromatic rings. The second-order valence-corrected chi connectivity index (χ2v) is 5.41. The Labute approximate surface area is 129 Å². The number of ether oxygens (including phenoxy) is 1. The Hall–Kier alpha value is -1.74. The second kappa shape index (κ2) is 7.01. The highest BCUT2D eigenvalue weighted by Crippen LogP contribution is 2.26. The van der Waals surface area contributed by atoms with Gasteiger partial charge in [0, 0.05) is 12.8 Å². The van der Waals surface area contributed by atoms with E-state index in [1.54, 1.807) is 6.07 Å². The van der Waals surface area contributed by atoms with E-state index in [1.807, 2.05) is 18.7 Å². The fraction of sp³-hybridized carbons (Fsp3) is 0.385. The van der Waals surface area contributed by atoms with Gasteiger partial charge in [-0.3, -0.25) is 0 Å². The van der Waals surface area contributed by atoms with Gasteiger partial charge in [-0.25, -0.2) is 0 Å². The highest BCUT2D eigenvalue weighted by atomic mass is 32.2. The van der Waals surface area contributed by atoms with Gasteiger partial charge in [-0.2, -0.15) is 0 Å². The van der Waals surface area contributed by atoms with Gasteiger partial charge in [-0.05, 0) is 24.7 Å². The molecule has 0 saturated heterocycles. The van der Waals surface area contributed by atoms with Gasteiger partial charge < -0.3 is 14.6 Å². The molecule has 2 rings (SSSR count). The molecule has 0 radical (unpaired) electrons. The van der Waals surface area contributed by atoms with Crippen molar-refractivity contribution in [2.75, 3.05) is 7.05 Å². The van der Waals surface area contributed by atoms with Gasteiger partial charge in [-0.1, -0.05) is 23.9 Å². The van der Waals surface area contributed by atoms with Crippen LogP contribution in [0.5, 0.6) is 5.75 Å². The molecule has 0 bridgehead atoms. The smallest absolute Gasteiger partial charge is 0.406 e.